The number of nitrogens with zero attached hydrogens (tertiary/aromatic N) is 3. The molecule has 4 aromatic rings. The van der Waals surface area contributed by atoms with Gasteiger partial charge in [-0.25, -0.2) is 9.97 Å². The number of rotatable bonds is 7. The molecule has 0 aliphatic carbocycles. The second kappa shape index (κ2) is 9.35. The molecule has 4 rings (SSSR count). The van der Waals surface area contributed by atoms with E-state index in [0.717, 1.165) is 0 Å². The van der Waals surface area contributed by atoms with E-state index in [9.17, 15) is 14.9 Å². The van der Waals surface area contributed by atoms with Gasteiger partial charge < -0.3 is 14.8 Å². The number of anilines is 1. The largest absolute Gasteiger partial charge is 0.457 e. The first-order chi connectivity index (χ1) is 15.6. The van der Waals surface area contributed by atoms with E-state index in [1.54, 1.807) is 67.0 Å². The maximum atomic E-state index is 12.9. The summed E-state index contributed by atoms with van der Waals surface area (Å²) in [5.41, 5.74) is 0.275. The van der Waals surface area contributed by atoms with Crippen LogP contribution in [0.4, 0.5) is 11.4 Å². The highest BCUT2D eigenvalue weighted by atomic mass is 16.6. The zero-order valence-corrected chi connectivity index (χ0v) is 16.5. The number of aromatic nitrogens is 2. The second-order valence-corrected chi connectivity index (χ2v) is 6.46. The molecule has 158 valence electrons. The van der Waals surface area contributed by atoms with Crippen LogP contribution in [-0.2, 0) is 0 Å². The first-order valence-electron chi connectivity index (χ1n) is 9.46. The van der Waals surface area contributed by atoms with Gasteiger partial charge in [0, 0.05) is 30.2 Å². The predicted molar refractivity (Wildman–Crippen MR) is 116 cm³/mol. The number of para-hydroxylation sites is 1. The van der Waals surface area contributed by atoms with E-state index < -0.39 is 10.8 Å². The Morgan fingerprint density at radius 3 is 2.22 bits per heavy atom. The molecule has 0 aliphatic rings. The predicted octanol–water partition coefficient (Wildman–Crippen LogP) is 5.22. The summed E-state index contributed by atoms with van der Waals surface area (Å²) in [5.74, 6) is 0.623. The fourth-order valence-electron chi connectivity index (χ4n) is 2.76. The van der Waals surface area contributed by atoms with Crippen molar-refractivity contribution in [2.45, 2.75) is 0 Å². The van der Waals surface area contributed by atoms with Crippen molar-refractivity contribution in [3.63, 3.8) is 0 Å². The van der Waals surface area contributed by atoms with Crippen molar-refractivity contribution in [3.8, 4) is 23.3 Å². The lowest BCUT2D eigenvalue weighted by atomic mass is 10.1. The summed E-state index contributed by atoms with van der Waals surface area (Å²) in [6, 6.07) is 21.1. The first kappa shape index (κ1) is 20.5. The van der Waals surface area contributed by atoms with E-state index in [2.05, 4.69) is 15.3 Å². The Balaban J connectivity index is 1.54. The van der Waals surface area contributed by atoms with Gasteiger partial charge in [0.15, 0.2) is 0 Å². The minimum Gasteiger partial charge on any atom is -0.457 e. The Kier molecular flexibility index (Phi) is 5.98. The summed E-state index contributed by atoms with van der Waals surface area (Å²) in [6.45, 7) is 0. The number of hydrogen-bond donors (Lipinski definition) is 1. The molecule has 9 nitrogen and oxygen atoms in total. The minimum atomic E-state index is -0.569. The normalized spacial score (nSPS) is 10.2. The number of amides is 1. The lowest BCUT2D eigenvalue weighted by Gasteiger charge is -2.12. The van der Waals surface area contributed by atoms with Crippen molar-refractivity contribution in [1.82, 2.24) is 9.97 Å². The van der Waals surface area contributed by atoms with E-state index >= 15 is 0 Å². The third-order valence-corrected chi connectivity index (χ3v) is 4.25. The summed E-state index contributed by atoms with van der Waals surface area (Å²) >= 11 is 0. The van der Waals surface area contributed by atoms with Gasteiger partial charge in [-0.1, -0.05) is 18.2 Å². The number of nitro groups is 1. The molecule has 0 bridgehead atoms. The highest BCUT2D eigenvalue weighted by Gasteiger charge is 2.19. The van der Waals surface area contributed by atoms with Crippen LogP contribution in [0.3, 0.4) is 0 Å². The Bertz CT molecular complexity index is 1230. The van der Waals surface area contributed by atoms with Gasteiger partial charge in [0.25, 0.3) is 11.6 Å². The summed E-state index contributed by atoms with van der Waals surface area (Å²) in [6.07, 6.45) is 3.12. The fraction of sp³-hybridized carbons (Fsp3) is 0. The minimum absolute atomic E-state index is 0.0288. The molecule has 0 atom stereocenters. The van der Waals surface area contributed by atoms with Crippen molar-refractivity contribution in [2.24, 2.45) is 0 Å². The van der Waals surface area contributed by atoms with Crippen LogP contribution < -0.4 is 14.8 Å². The van der Waals surface area contributed by atoms with Gasteiger partial charge in [-0.05, 0) is 48.5 Å². The summed E-state index contributed by atoms with van der Waals surface area (Å²) < 4.78 is 11.3. The first-order valence-corrected chi connectivity index (χ1v) is 9.46. The summed E-state index contributed by atoms with van der Waals surface area (Å²) in [4.78, 5) is 31.5. The zero-order chi connectivity index (χ0) is 22.3. The van der Waals surface area contributed by atoms with Crippen LogP contribution >= 0.6 is 0 Å². The SMILES string of the molecule is O=C(Nc1ccc(Oc2ncccn2)cc1)c1cc([N+](=O)[O-])ccc1Oc1ccccc1. The molecule has 0 spiro atoms. The lowest BCUT2D eigenvalue weighted by Crippen LogP contribution is -2.13. The van der Waals surface area contributed by atoms with Gasteiger partial charge in [-0.15, -0.1) is 0 Å². The topological polar surface area (TPSA) is 116 Å². The van der Waals surface area contributed by atoms with E-state index in [1.165, 1.54) is 18.2 Å². The van der Waals surface area contributed by atoms with Crippen molar-refractivity contribution < 1.29 is 19.2 Å². The quantitative estimate of drug-likeness (QED) is 0.317. The number of ether oxygens (including phenoxy) is 2. The van der Waals surface area contributed by atoms with Crippen molar-refractivity contribution in [1.29, 1.82) is 0 Å². The second-order valence-electron chi connectivity index (χ2n) is 6.46. The Morgan fingerprint density at radius 1 is 0.844 bits per heavy atom. The van der Waals surface area contributed by atoms with E-state index in [4.69, 9.17) is 9.47 Å². The Hall–Kier alpha value is -4.79. The van der Waals surface area contributed by atoms with Gasteiger partial charge in [0.1, 0.15) is 17.2 Å². The number of benzene rings is 3. The van der Waals surface area contributed by atoms with Crippen LogP contribution in [0.1, 0.15) is 10.4 Å². The van der Waals surface area contributed by atoms with Gasteiger partial charge in [-0.3, -0.25) is 14.9 Å². The van der Waals surface area contributed by atoms with Crippen LogP contribution in [-0.4, -0.2) is 20.8 Å². The average Bonchev–Trinajstić information content (AvgIpc) is 2.82. The molecule has 1 heterocycles. The molecule has 0 fully saturated rings. The van der Waals surface area contributed by atoms with Crippen LogP contribution in [0, 0.1) is 10.1 Å². The average molecular weight is 428 g/mol. The number of nitro benzene ring substituents is 1. The molecule has 1 N–H and O–H groups in total. The molecule has 0 aliphatic heterocycles. The Labute approximate surface area is 182 Å². The van der Waals surface area contributed by atoms with E-state index in [1.807, 2.05) is 6.07 Å². The van der Waals surface area contributed by atoms with Crippen molar-refractivity contribution >= 4 is 17.3 Å². The van der Waals surface area contributed by atoms with Gasteiger partial charge >= 0.3 is 6.01 Å². The molecule has 1 aromatic heterocycles. The number of non-ortho nitro benzene ring substituents is 1. The molecule has 3 aromatic carbocycles. The third kappa shape index (κ3) is 5.03. The molecule has 0 saturated carbocycles. The van der Waals surface area contributed by atoms with Gasteiger partial charge in [0.05, 0.1) is 10.5 Å². The van der Waals surface area contributed by atoms with Gasteiger partial charge in [-0.2, -0.15) is 0 Å². The smallest absolute Gasteiger partial charge is 0.321 e. The lowest BCUT2D eigenvalue weighted by molar-refractivity contribution is -0.384. The summed E-state index contributed by atoms with van der Waals surface area (Å²) in [7, 11) is 0. The van der Waals surface area contributed by atoms with E-state index in [0.29, 0.717) is 17.2 Å². The molecule has 0 radical (unpaired) electrons. The van der Waals surface area contributed by atoms with Crippen molar-refractivity contribution in [3.05, 3.63) is 107 Å². The molecular formula is C23H16N4O5. The molecule has 32 heavy (non-hydrogen) atoms. The monoisotopic (exact) mass is 428 g/mol. The number of nitrogens with one attached hydrogen (secondary N) is 1. The van der Waals surface area contributed by atoms with Crippen LogP contribution in [0.25, 0.3) is 0 Å². The third-order valence-electron chi connectivity index (χ3n) is 4.25. The summed E-state index contributed by atoms with van der Waals surface area (Å²) in [5, 5.41) is 13.9. The Morgan fingerprint density at radius 2 is 1.53 bits per heavy atom. The standard InChI is InChI=1S/C23H16N4O5/c28-22(26-16-7-10-19(11-8-16)32-23-24-13-4-14-25-23)20-15-17(27(29)30)9-12-21(20)31-18-5-2-1-3-6-18/h1-15H,(H,26,28). The van der Waals surface area contributed by atoms with Gasteiger partial charge in [0.2, 0.25) is 0 Å². The zero-order valence-electron chi connectivity index (χ0n) is 16.5. The van der Waals surface area contributed by atoms with E-state index in [-0.39, 0.29) is 23.0 Å². The van der Waals surface area contributed by atoms with Crippen LogP contribution in [0.2, 0.25) is 0 Å². The fourth-order valence-corrected chi connectivity index (χ4v) is 2.76. The van der Waals surface area contributed by atoms with Crippen LogP contribution in [0.5, 0.6) is 23.3 Å². The molecule has 0 saturated heterocycles. The maximum Gasteiger partial charge on any atom is 0.321 e. The molecule has 1 amide bonds. The van der Waals surface area contributed by atoms with Crippen LogP contribution in [0.15, 0.2) is 91.3 Å². The highest BCUT2D eigenvalue weighted by molar-refractivity contribution is 6.06. The number of carbonyl (C=O) groups is 1. The molecule has 9 heteroatoms. The van der Waals surface area contributed by atoms with Crippen molar-refractivity contribution in [2.75, 3.05) is 5.32 Å². The highest BCUT2D eigenvalue weighted by Crippen LogP contribution is 2.30. The maximum absolute atomic E-state index is 12.9. The molecule has 0 unspecified atom stereocenters. The number of carbonyl (C=O) groups excluding carboxylic acids is 1. The number of hydrogen-bond acceptors (Lipinski definition) is 7. The molecular weight excluding hydrogens is 412 g/mol.